The molecule has 1 aliphatic rings. The number of carbonyl (C=O) groups is 2. The fourth-order valence-corrected chi connectivity index (χ4v) is 4.41. The average Bonchev–Trinajstić information content (AvgIpc) is 2.88. The summed E-state index contributed by atoms with van der Waals surface area (Å²) in [5, 5.41) is 0. The summed E-state index contributed by atoms with van der Waals surface area (Å²) in [5.41, 5.74) is 5.71. The smallest absolute Gasteiger partial charge is 0.315 e. The molecule has 5 rings (SSSR count). The minimum Gasteiger partial charge on any atom is -0.315 e. The molecule has 0 bridgehead atoms. The monoisotopic (exact) mass is 505 g/mol. The van der Waals surface area contributed by atoms with Gasteiger partial charge in [0.25, 0.3) is 0 Å². The molecular formula is C31H24CuNO2. The maximum atomic E-state index is 14.0. The average molecular weight is 506 g/mol. The van der Waals surface area contributed by atoms with Crippen molar-refractivity contribution >= 4 is 23.0 Å². The van der Waals surface area contributed by atoms with E-state index in [2.05, 4.69) is 12.1 Å². The fourth-order valence-electron chi connectivity index (χ4n) is 4.41. The molecule has 176 valence electrons. The van der Waals surface area contributed by atoms with Gasteiger partial charge in [-0.3, -0.25) is 9.59 Å². The Morgan fingerprint density at radius 2 is 1.43 bits per heavy atom. The van der Waals surface area contributed by atoms with Crippen LogP contribution in [-0.2, 0) is 28.4 Å². The SMILES string of the molecule is Cc1ccc2c(c1)C(=[C-]c1ccccc1)C(C(=O)c1ccccc1)C(=O)N2Cc1ccccc1.[Cu+]. The van der Waals surface area contributed by atoms with E-state index in [1.54, 1.807) is 17.0 Å². The normalized spacial score (nSPS) is 15.9. The number of rotatable bonds is 5. The van der Waals surface area contributed by atoms with Crippen molar-refractivity contribution in [3.8, 4) is 0 Å². The second-order valence-electron chi connectivity index (χ2n) is 8.50. The third kappa shape index (κ3) is 5.05. The Kier molecular flexibility index (Phi) is 7.45. The van der Waals surface area contributed by atoms with Gasteiger partial charge >= 0.3 is 17.1 Å². The zero-order valence-corrected chi connectivity index (χ0v) is 20.2. The first-order valence-corrected chi connectivity index (χ1v) is 11.4. The van der Waals surface area contributed by atoms with Crippen molar-refractivity contribution < 1.29 is 26.7 Å². The van der Waals surface area contributed by atoms with Crippen LogP contribution < -0.4 is 4.90 Å². The number of Topliss-reactive ketones (excluding diaryl/α,β-unsaturated/α-hetero) is 1. The number of amides is 1. The van der Waals surface area contributed by atoms with Crippen molar-refractivity contribution in [3.63, 3.8) is 0 Å². The van der Waals surface area contributed by atoms with Gasteiger partial charge in [0.15, 0.2) is 5.78 Å². The van der Waals surface area contributed by atoms with Crippen molar-refractivity contribution in [3.05, 3.63) is 143 Å². The Bertz CT molecular complexity index is 1370. The summed E-state index contributed by atoms with van der Waals surface area (Å²) in [4.78, 5) is 29.6. The molecule has 0 aliphatic carbocycles. The molecule has 35 heavy (non-hydrogen) atoms. The first-order valence-electron chi connectivity index (χ1n) is 11.4. The van der Waals surface area contributed by atoms with E-state index in [0.717, 1.165) is 27.9 Å². The number of fused-ring (bicyclic) bond motifs is 1. The Morgan fingerprint density at radius 3 is 2.09 bits per heavy atom. The molecule has 1 unspecified atom stereocenters. The maximum Gasteiger partial charge on any atom is 1.00 e. The molecule has 0 saturated carbocycles. The van der Waals surface area contributed by atoms with Crippen molar-refractivity contribution in [1.82, 2.24) is 0 Å². The molecule has 1 aliphatic heterocycles. The van der Waals surface area contributed by atoms with E-state index in [-0.39, 0.29) is 28.8 Å². The van der Waals surface area contributed by atoms with Gasteiger partial charge in [-0.25, -0.2) is 0 Å². The molecule has 0 fully saturated rings. The van der Waals surface area contributed by atoms with E-state index in [0.29, 0.717) is 17.7 Å². The van der Waals surface area contributed by atoms with Crippen LogP contribution in [0, 0.1) is 18.9 Å². The van der Waals surface area contributed by atoms with Crippen molar-refractivity contribution in [2.24, 2.45) is 5.92 Å². The summed E-state index contributed by atoms with van der Waals surface area (Å²) in [5.74, 6) is -1.41. The maximum absolute atomic E-state index is 14.0. The topological polar surface area (TPSA) is 37.4 Å². The van der Waals surface area contributed by atoms with Crippen LogP contribution in [0.5, 0.6) is 0 Å². The summed E-state index contributed by atoms with van der Waals surface area (Å²) in [6.45, 7) is 2.42. The number of aryl methyl sites for hydroxylation is 1. The van der Waals surface area contributed by atoms with Crippen LogP contribution in [0.15, 0.2) is 109 Å². The third-order valence-electron chi connectivity index (χ3n) is 6.09. The van der Waals surface area contributed by atoms with Crippen LogP contribution in [0.1, 0.15) is 32.6 Å². The predicted octanol–water partition coefficient (Wildman–Crippen LogP) is 6.27. The minimum atomic E-state index is -0.972. The predicted molar refractivity (Wildman–Crippen MR) is 135 cm³/mol. The third-order valence-corrected chi connectivity index (χ3v) is 6.09. The summed E-state index contributed by atoms with van der Waals surface area (Å²) < 4.78 is 0. The van der Waals surface area contributed by atoms with E-state index in [1.165, 1.54) is 0 Å². The molecule has 0 saturated heterocycles. The van der Waals surface area contributed by atoms with Gasteiger partial charge in [-0.2, -0.15) is 0 Å². The number of benzene rings is 4. The van der Waals surface area contributed by atoms with Gasteiger partial charge < -0.3 is 4.90 Å². The number of ketones is 1. The molecule has 3 nitrogen and oxygen atoms in total. The summed E-state index contributed by atoms with van der Waals surface area (Å²) in [6, 6.07) is 34.6. The molecular weight excluding hydrogens is 482 g/mol. The zero-order chi connectivity index (χ0) is 23.5. The standard InChI is InChI=1S/C31H24NO2.Cu/c1-22-17-18-28-26(19-22)27(20-23-11-5-2-6-12-23)29(30(33)25-15-9-4-10-16-25)31(34)32(28)21-24-13-7-3-8-14-24;/h2-19,29H,21H2,1H3;/q-1;+1. The minimum absolute atomic E-state index is 0. The van der Waals surface area contributed by atoms with Gasteiger partial charge in [0.05, 0.1) is 6.54 Å². The zero-order valence-electron chi connectivity index (χ0n) is 19.2. The molecule has 0 spiro atoms. The number of hydrogen-bond acceptors (Lipinski definition) is 2. The molecule has 1 heterocycles. The van der Waals surface area contributed by atoms with E-state index in [1.807, 2.05) is 97.9 Å². The van der Waals surface area contributed by atoms with E-state index in [4.69, 9.17) is 0 Å². The van der Waals surface area contributed by atoms with E-state index < -0.39 is 5.92 Å². The van der Waals surface area contributed by atoms with Gasteiger partial charge in [0, 0.05) is 11.3 Å². The summed E-state index contributed by atoms with van der Waals surface area (Å²) in [6.07, 6.45) is 3.43. The molecule has 1 amide bonds. The molecule has 0 aromatic heterocycles. The number of carbonyl (C=O) groups excluding carboxylic acids is 2. The number of nitrogens with zero attached hydrogens (tertiary/aromatic N) is 1. The van der Waals surface area contributed by atoms with Gasteiger partial charge in [-0.05, 0) is 18.6 Å². The fraction of sp³-hybridized carbons (Fsp3) is 0.0968. The quantitative estimate of drug-likeness (QED) is 0.139. The van der Waals surface area contributed by atoms with Crippen molar-refractivity contribution in [1.29, 1.82) is 0 Å². The van der Waals surface area contributed by atoms with Crippen LogP contribution in [-0.4, -0.2) is 11.7 Å². The molecule has 4 heteroatoms. The second kappa shape index (κ2) is 10.7. The van der Waals surface area contributed by atoms with Gasteiger partial charge in [0.1, 0.15) is 5.92 Å². The summed E-state index contributed by atoms with van der Waals surface area (Å²) >= 11 is 0. The van der Waals surface area contributed by atoms with Crippen LogP contribution >= 0.6 is 0 Å². The van der Waals surface area contributed by atoms with Gasteiger partial charge in [0.2, 0.25) is 5.91 Å². The Labute approximate surface area is 216 Å². The molecule has 4 aromatic rings. The van der Waals surface area contributed by atoms with E-state index in [9.17, 15) is 9.59 Å². The first kappa shape index (κ1) is 24.4. The Balaban J connectivity index is 0.00000289. The first-order chi connectivity index (χ1) is 16.6. The molecule has 0 radical (unpaired) electrons. The van der Waals surface area contributed by atoms with E-state index >= 15 is 0 Å². The van der Waals surface area contributed by atoms with Crippen molar-refractivity contribution in [2.75, 3.05) is 4.90 Å². The summed E-state index contributed by atoms with van der Waals surface area (Å²) in [7, 11) is 0. The van der Waals surface area contributed by atoms with Gasteiger partial charge in [-0.15, -0.1) is 41.5 Å². The molecule has 1 atom stereocenters. The van der Waals surface area contributed by atoms with Crippen LogP contribution in [0.4, 0.5) is 5.69 Å². The Hall–Kier alpha value is -3.72. The Morgan fingerprint density at radius 1 is 0.829 bits per heavy atom. The second-order valence-corrected chi connectivity index (χ2v) is 8.50. The van der Waals surface area contributed by atoms with Crippen molar-refractivity contribution in [2.45, 2.75) is 13.5 Å². The largest absolute Gasteiger partial charge is 1.00 e. The van der Waals surface area contributed by atoms with Gasteiger partial charge in [-0.1, -0.05) is 90.0 Å². The van der Waals surface area contributed by atoms with Crippen LogP contribution in [0.3, 0.4) is 0 Å². The van der Waals surface area contributed by atoms with Crippen LogP contribution in [0.25, 0.3) is 5.57 Å². The molecule has 4 aromatic carbocycles. The number of anilines is 1. The molecule has 0 N–H and O–H groups in total. The number of hydrogen-bond donors (Lipinski definition) is 0. The van der Waals surface area contributed by atoms with Crippen LogP contribution in [0.2, 0.25) is 0 Å².